The summed E-state index contributed by atoms with van der Waals surface area (Å²) in [6.45, 7) is 1.74. The number of amides is 1. The molecule has 176 valence electrons. The van der Waals surface area contributed by atoms with E-state index in [1.54, 1.807) is 0 Å². The van der Waals surface area contributed by atoms with Crippen LogP contribution in [0.5, 0.6) is 0 Å². The summed E-state index contributed by atoms with van der Waals surface area (Å²) in [4.78, 5) is 16.0. The molecule has 0 radical (unpaired) electrons. The molecule has 1 aliphatic carbocycles. The second-order valence-electron chi connectivity index (χ2n) is 8.29. The molecule has 2 fully saturated rings. The van der Waals surface area contributed by atoms with Gasteiger partial charge in [0, 0.05) is 30.1 Å². The highest BCUT2D eigenvalue weighted by Gasteiger charge is 2.44. The summed E-state index contributed by atoms with van der Waals surface area (Å²) in [5.74, 6) is 0.258. The Morgan fingerprint density at radius 3 is 2.88 bits per heavy atom. The van der Waals surface area contributed by atoms with E-state index in [9.17, 15) is 22.4 Å². The summed E-state index contributed by atoms with van der Waals surface area (Å²) < 4.78 is 65.4. The number of alkyl carbamates (subject to hydrolysis) is 1. The number of anilines is 2. The molecule has 10 nitrogen and oxygen atoms in total. The van der Waals surface area contributed by atoms with Gasteiger partial charge in [0.15, 0.2) is 29.6 Å². The lowest BCUT2D eigenvalue weighted by atomic mass is 10.1. The van der Waals surface area contributed by atoms with Gasteiger partial charge >= 0.3 is 12.3 Å². The van der Waals surface area contributed by atoms with E-state index >= 15 is 0 Å². The summed E-state index contributed by atoms with van der Waals surface area (Å²) >= 11 is 0. The Kier molecular flexibility index (Phi) is 4.92. The molecule has 0 aromatic carbocycles. The van der Waals surface area contributed by atoms with Crippen molar-refractivity contribution < 1.29 is 31.8 Å². The Labute approximate surface area is 183 Å². The lowest BCUT2D eigenvalue weighted by Crippen LogP contribution is -2.39. The van der Waals surface area contributed by atoms with E-state index < -0.39 is 36.3 Å². The second kappa shape index (κ2) is 7.57. The van der Waals surface area contributed by atoms with Crippen LogP contribution in [0, 0.1) is 0 Å². The Morgan fingerprint density at radius 2 is 2.15 bits per heavy atom. The molecule has 1 amide bonds. The van der Waals surface area contributed by atoms with Gasteiger partial charge in [-0.05, 0) is 19.8 Å². The average Bonchev–Trinajstić information content (AvgIpc) is 3.13. The predicted octanol–water partition coefficient (Wildman–Crippen LogP) is 3.27. The number of hydrogen-bond acceptors (Lipinski definition) is 7. The molecule has 3 aromatic rings. The fourth-order valence-corrected chi connectivity index (χ4v) is 3.49. The number of nitrogens with one attached hydrogen (secondary N) is 3. The summed E-state index contributed by atoms with van der Waals surface area (Å²) in [6.07, 6.45) is -4.83. The number of aromatic amines is 1. The number of aromatic nitrogens is 5. The first kappa shape index (κ1) is 21.4. The smallest absolute Gasteiger partial charge is 0.435 e. The van der Waals surface area contributed by atoms with Crippen LogP contribution in [0.4, 0.5) is 34.0 Å². The fourth-order valence-electron chi connectivity index (χ4n) is 3.49. The monoisotopic (exact) mass is 469 g/mol. The molecule has 1 aliphatic heterocycles. The van der Waals surface area contributed by atoms with E-state index in [1.165, 1.54) is 18.5 Å². The SMILES string of the molecule is CC1(NC(=O)O[C@H]2CO[C@@H](c3cc(Nc4nccn5nc(C(F)(F)F)cc45)n[nH]3)[C@@H]2F)CC1. The first-order chi connectivity index (χ1) is 15.6. The van der Waals surface area contributed by atoms with Crippen molar-refractivity contribution in [2.24, 2.45) is 0 Å². The van der Waals surface area contributed by atoms with E-state index in [1.807, 2.05) is 6.92 Å². The quantitative estimate of drug-likeness (QED) is 0.491. The molecule has 33 heavy (non-hydrogen) atoms. The van der Waals surface area contributed by atoms with Crippen LogP contribution in [0.3, 0.4) is 0 Å². The number of alkyl halides is 4. The normalized spacial score (nSPS) is 24.1. The van der Waals surface area contributed by atoms with Gasteiger partial charge in [0.25, 0.3) is 0 Å². The maximum Gasteiger partial charge on any atom is 0.435 e. The van der Waals surface area contributed by atoms with Gasteiger partial charge in [-0.1, -0.05) is 0 Å². The number of ether oxygens (including phenoxy) is 2. The molecule has 5 rings (SSSR count). The van der Waals surface area contributed by atoms with Crippen molar-refractivity contribution in [2.45, 2.75) is 49.9 Å². The molecule has 3 aromatic heterocycles. The van der Waals surface area contributed by atoms with Crippen LogP contribution in [0.15, 0.2) is 24.5 Å². The summed E-state index contributed by atoms with van der Waals surface area (Å²) in [5.41, 5.74) is -1.01. The molecule has 0 unspecified atom stereocenters. The highest BCUT2D eigenvalue weighted by Crippen LogP contribution is 2.36. The zero-order valence-electron chi connectivity index (χ0n) is 17.2. The minimum atomic E-state index is -4.61. The third kappa shape index (κ3) is 4.29. The highest BCUT2D eigenvalue weighted by atomic mass is 19.4. The average molecular weight is 469 g/mol. The van der Waals surface area contributed by atoms with Gasteiger partial charge in [0.2, 0.25) is 0 Å². The van der Waals surface area contributed by atoms with Gasteiger partial charge in [0.05, 0.1) is 12.3 Å². The number of nitrogens with zero attached hydrogens (tertiary/aromatic N) is 4. The second-order valence-corrected chi connectivity index (χ2v) is 8.29. The van der Waals surface area contributed by atoms with E-state index in [-0.39, 0.29) is 35.0 Å². The van der Waals surface area contributed by atoms with Gasteiger partial charge in [0.1, 0.15) is 11.6 Å². The molecular weight excluding hydrogens is 450 g/mol. The number of hydrogen-bond donors (Lipinski definition) is 3. The Balaban J connectivity index is 1.27. The number of rotatable bonds is 5. The first-order valence-electron chi connectivity index (χ1n) is 10.1. The van der Waals surface area contributed by atoms with Gasteiger partial charge < -0.3 is 20.1 Å². The molecule has 0 spiro atoms. The van der Waals surface area contributed by atoms with Gasteiger partial charge in [-0.15, -0.1) is 0 Å². The Morgan fingerprint density at radius 1 is 1.36 bits per heavy atom. The Hall–Kier alpha value is -3.42. The zero-order chi connectivity index (χ0) is 23.4. The van der Waals surface area contributed by atoms with E-state index in [4.69, 9.17) is 9.47 Å². The van der Waals surface area contributed by atoms with Crippen LogP contribution in [-0.2, 0) is 15.7 Å². The standard InChI is InChI=1S/C19H19F4N7O3/c1-18(2-3-18)26-17(31)33-11-8-32-15(14(11)20)9-6-13(28-27-9)25-16-10-7-12(19(21,22)23)29-30(10)5-4-24-16/h4-7,11,14-15H,2-3,8H2,1H3,(H,26,31)(H2,24,25,27,28)/t11-,14+,15-/m0/s1. The minimum Gasteiger partial charge on any atom is -0.441 e. The number of carbonyl (C=O) groups excluding carboxylic acids is 1. The minimum absolute atomic E-state index is 0.0779. The van der Waals surface area contributed by atoms with Crippen LogP contribution < -0.4 is 10.6 Å². The molecule has 3 N–H and O–H groups in total. The molecule has 0 bridgehead atoms. The fraction of sp³-hybridized carbons (Fsp3) is 0.474. The number of fused-ring (bicyclic) bond motifs is 1. The number of halogens is 4. The van der Waals surface area contributed by atoms with Crippen molar-refractivity contribution in [1.82, 2.24) is 30.1 Å². The zero-order valence-corrected chi connectivity index (χ0v) is 17.2. The van der Waals surface area contributed by atoms with Crippen molar-refractivity contribution in [1.29, 1.82) is 0 Å². The van der Waals surface area contributed by atoms with Crippen LogP contribution >= 0.6 is 0 Å². The van der Waals surface area contributed by atoms with E-state index in [0.717, 1.165) is 23.4 Å². The third-order valence-corrected chi connectivity index (χ3v) is 5.58. The van der Waals surface area contributed by atoms with Crippen LogP contribution in [0.1, 0.15) is 37.3 Å². The third-order valence-electron chi connectivity index (χ3n) is 5.58. The molecule has 14 heteroatoms. The van der Waals surface area contributed by atoms with Crippen molar-refractivity contribution in [3.8, 4) is 0 Å². The maximum atomic E-state index is 14.9. The summed E-state index contributed by atoms with van der Waals surface area (Å²) in [7, 11) is 0. The van der Waals surface area contributed by atoms with Crippen molar-refractivity contribution in [3.05, 3.63) is 35.9 Å². The van der Waals surface area contributed by atoms with Crippen molar-refractivity contribution in [2.75, 3.05) is 11.9 Å². The Bertz CT molecular complexity index is 1190. The molecule has 1 saturated carbocycles. The summed E-state index contributed by atoms with van der Waals surface area (Å²) in [5, 5.41) is 15.6. The van der Waals surface area contributed by atoms with E-state index in [0.29, 0.717) is 0 Å². The molecule has 1 saturated heterocycles. The van der Waals surface area contributed by atoms with Crippen LogP contribution in [0.25, 0.3) is 5.52 Å². The molecular formula is C19H19F4N7O3. The lowest BCUT2D eigenvalue weighted by molar-refractivity contribution is -0.141. The van der Waals surface area contributed by atoms with Crippen molar-refractivity contribution >= 4 is 23.2 Å². The van der Waals surface area contributed by atoms with Gasteiger partial charge in [-0.2, -0.15) is 23.4 Å². The van der Waals surface area contributed by atoms with E-state index in [2.05, 4.69) is 30.9 Å². The van der Waals surface area contributed by atoms with Crippen LogP contribution in [-0.4, -0.2) is 55.3 Å². The number of H-pyrrole nitrogens is 1. The van der Waals surface area contributed by atoms with Crippen molar-refractivity contribution in [3.63, 3.8) is 0 Å². The summed E-state index contributed by atoms with van der Waals surface area (Å²) in [6, 6.07) is 2.30. The largest absolute Gasteiger partial charge is 0.441 e. The maximum absolute atomic E-state index is 14.9. The first-order valence-corrected chi connectivity index (χ1v) is 10.1. The highest BCUT2D eigenvalue weighted by molar-refractivity contribution is 5.72. The lowest BCUT2D eigenvalue weighted by Gasteiger charge is -2.17. The van der Waals surface area contributed by atoms with Crippen LogP contribution in [0.2, 0.25) is 0 Å². The topological polar surface area (TPSA) is 118 Å². The molecule has 2 aliphatic rings. The molecule has 4 heterocycles. The number of carbonyl (C=O) groups is 1. The molecule has 3 atom stereocenters. The predicted molar refractivity (Wildman–Crippen MR) is 104 cm³/mol. The van der Waals surface area contributed by atoms with Gasteiger partial charge in [-0.25, -0.2) is 18.7 Å². The van der Waals surface area contributed by atoms with Gasteiger partial charge in [-0.3, -0.25) is 5.10 Å².